The Kier molecular flexibility index (Phi) is 3.99. The van der Waals surface area contributed by atoms with Crippen molar-refractivity contribution in [3.63, 3.8) is 0 Å². The van der Waals surface area contributed by atoms with Gasteiger partial charge in [0.25, 0.3) is 0 Å². The third-order valence-electron chi connectivity index (χ3n) is 3.88. The highest BCUT2D eigenvalue weighted by Crippen LogP contribution is 2.28. The first-order valence-electron chi connectivity index (χ1n) is 7.26. The molecule has 0 radical (unpaired) electrons. The molecule has 1 aliphatic rings. The predicted molar refractivity (Wildman–Crippen MR) is 82.2 cm³/mol. The zero-order valence-corrected chi connectivity index (χ0v) is 12.1. The van der Waals surface area contributed by atoms with Crippen molar-refractivity contribution in [1.82, 2.24) is 9.97 Å². The second-order valence-electron chi connectivity index (χ2n) is 5.37. The number of hydrogen-bond acceptors (Lipinski definition) is 4. The van der Waals surface area contributed by atoms with Gasteiger partial charge in [0.1, 0.15) is 18.0 Å². The number of halogens is 1. The summed E-state index contributed by atoms with van der Waals surface area (Å²) < 4.78 is 14.2. The molecule has 0 atom stereocenters. The number of aromatic nitrogens is 2. The Balaban J connectivity index is 1.68. The maximum Gasteiger partial charge on any atom is 0.129 e. The summed E-state index contributed by atoms with van der Waals surface area (Å²) in [6, 6.07) is 5.49. The second kappa shape index (κ2) is 6.08. The van der Waals surface area contributed by atoms with Crippen LogP contribution in [-0.4, -0.2) is 30.1 Å². The van der Waals surface area contributed by atoms with E-state index in [0.29, 0.717) is 13.0 Å². The van der Waals surface area contributed by atoms with E-state index in [9.17, 15) is 4.39 Å². The predicted octanol–water partition coefficient (Wildman–Crippen LogP) is 2.65. The van der Waals surface area contributed by atoms with Crippen LogP contribution in [0.1, 0.15) is 17.5 Å². The van der Waals surface area contributed by atoms with Crippen molar-refractivity contribution >= 4 is 11.5 Å². The van der Waals surface area contributed by atoms with Crippen LogP contribution in [-0.2, 0) is 12.8 Å². The molecule has 0 fully saturated rings. The van der Waals surface area contributed by atoms with Crippen LogP contribution >= 0.6 is 0 Å². The standard InChI is InChI=1S/C16H19FN4/c1-21-8-2-3-13-9-12(14(17)10-15(13)21)4-7-19-16-5-6-18-11-20-16/h5-6,9-11H,2-4,7-8H2,1H3,(H,18,19,20). The quantitative estimate of drug-likeness (QED) is 0.938. The highest BCUT2D eigenvalue weighted by Gasteiger charge is 2.16. The van der Waals surface area contributed by atoms with Gasteiger partial charge in [-0.1, -0.05) is 6.07 Å². The first-order valence-corrected chi connectivity index (χ1v) is 7.26. The Morgan fingerprint density at radius 1 is 1.38 bits per heavy atom. The van der Waals surface area contributed by atoms with Gasteiger partial charge in [-0.2, -0.15) is 0 Å². The first kappa shape index (κ1) is 13.8. The van der Waals surface area contributed by atoms with Crippen LogP contribution in [0.2, 0.25) is 0 Å². The largest absolute Gasteiger partial charge is 0.374 e. The summed E-state index contributed by atoms with van der Waals surface area (Å²) in [7, 11) is 2.02. The molecule has 0 saturated heterocycles. The van der Waals surface area contributed by atoms with E-state index in [2.05, 4.69) is 20.2 Å². The van der Waals surface area contributed by atoms with Crippen molar-refractivity contribution < 1.29 is 4.39 Å². The van der Waals surface area contributed by atoms with E-state index in [-0.39, 0.29) is 5.82 Å². The normalized spacial score (nSPS) is 13.9. The number of nitrogens with zero attached hydrogens (tertiary/aromatic N) is 3. The van der Waals surface area contributed by atoms with E-state index in [1.165, 1.54) is 11.9 Å². The molecule has 1 aliphatic heterocycles. The second-order valence-corrected chi connectivity index (χ2v) is 5.37. The van der Waals surface area contributed by atoms with Gasteiger partial charge in [-0.25, -0.2) is 14.4 Å². The van der Waals surface area contributed by atoms with Crippen LogP contribution in [0.25, 0.3) is 0 Å². The molecule has 1 aromatic carbocycles. The molecule has 21 heavy (non-hydrogen) atoms. The van der Waals surface area contributed by atoms with E-state index < -0.39 is 0 Å². The van der Waals surface area contributed by atoms with Gasteiger partial charge < -0.3 is 10.2 Å². The fourth-order valence-electron chi connectivity index (χ4n) is 2.75. The van der Waals surface area contributed by atoms with Crippen molar-refractivity contribution in [3.8, 4) is 0 Å². The molecule has 0 spiro atoms. The number of anilines is 2. The molecule has 5 heteroatoms. The fraction of sp³-hybridized carbons (Fsp3) is 0.375. The Hall–Kier alpha value is -2.17. The summed E-state index contributed by atoms with van der Waals surface area (Å²) in [4.78, 5) is 10.1. The lowest BCUT2D eigenvalue weighted by molar-refractivity contribution is 0.605. The Labute approximate surface area is 124 Å². The topological polar surface area (TPSA) is 41.0 Å². The van der Waals surface area contributed by atoms with Crippen LogP contribution in [0.15, 0.2) is 30.7 Å². The van der Waals surface area contributed by atoms with Crippen molar-refractivity contribution in [2.75, 3.05) is 30.4 Å². The van der Waals surface area contributed by atoms with Crippen molar-refractivity contribution in [2.45, 2.75) is 19.3 Å². The highest BCUT2D eigenvalue weighted by atomic mass is 19.1. The van der Waals surface area contributed by atoms with Crippen LogP contribution in [0, 0.1) is 5.82 Å². The third kappa shape index (κ3) is 3.12. The monoisotopic (exact) mass is 286 g/mol. The number of aryl methyl sites for hydroxylation is 1. The lowest BCUT2D eigenvalue weighted by atomic mass is 9.98. The van der Waals surface area contributed by atoms with Crippen molar-refractivity contribution in [1.29, 1.82) is 0 Å². The maximum absolute atomic E-state index is 14.2. The molecule has 3 rings (SSSR count). The average molecular weight is 286 g/mol. The first-order chi connectivity index (χ1) is 10.2. The van der Waals surface area contributed by atoms with Gasteiger partial charge >= 0.3 is 0 Å². The average Bonchev–Trinajstić information content (AvgIpc) is 2.50. The minimum Gasteiger partial charge on any atom is -0.374 e. The van der Waals surface area contributed by atoms with Gasteiger partial charge in [0.05, 0.1) is 0 Å². The van der Waals surface area contributed by atoms with Gasteiger partial charge in [0.15, 0.2) is 0 Å². The van der Waals surface area contributed by atoms with Crippen LogP contribution in [0.3, 0.4) is 0 Å². The molecule has 0 unspecified atom stereocenters. The molecule has 2 aromatic rings. The van der Waals surface area contributed by atoms with Gasteiger partial charge in [0, 0.05) is 32.0 Å². The minimum absolute atomic E-state index is 0.119. The molecule has 110 valence electrons. The molecule has 0 saturated carbocycles. The smallest absolute Gasteiger partial charge is 0.129 e. The van der Waals surface area contributed by atoms with E-state index in [1.54, 1.807) is 18.3 Å². The summed E-state index contributed by atoms with van der Waals surface area (Å²) in [5, 5.41) is 3.18. The number of rotatable bonds is 4. The van der Waals surface area contributed by atoms with Crippen molar-refractivity contribution in [3.05, 3.63) is 47.7 Å². The molecular formula is C16H19FN4. The van der Waals surface area contributed by atoms with E-state index in [1.807, 2.05) is 13.1 Å². The molecule has 1 N–H and O–H groups in total. The summed E-state index contributed by atoms with van der Waals surface area (Å²) in [5.41, 5.74) is 3.05. The summed E-state index contributed by atoms with van der Waals surface area (Å²) in [6.45, 7) is 1.66. The third-order valence-corrected chi connectivity index (χ3v) is 3.88. The van der Waals surface area contributed by atoms with Gasteiger partial charge in [0.2, 0.25) is 0 Å². The Morgan fingerprint density at radius 2 is 2.29 bits per heavy atom. The lowest BCUT2D eigenvalue weighted by Gasteiger charge is -2.28. The zero-order chi connectivity index (χ0) is 14.7. The van der Waals surface area contributed by atoms with Gasteiger partial charge in [-0.3, -0.25) is 0 Å². The van der Waals surface area contributed by atoms with Crippen molar-refractivity contribution in [2.24, 2.45) is 0 Å². The van der Waals surface area contributed by atoms with E-state index in [4.69, 9.17) is 0 Å². The van der Waals surface area contributed by atoms with E-state index in [0.717, 1.165) is 36.5 Å². The summed E-state index contributed by atoms with van der Waals surface area (Å²) in [6.07, 6.45) is 6.00. The molecule has 4 nitrogen and oxygen atoms in total. The number of hydrogen-bond donors (Lipinski definition) is 1. The summed E-state index contributed by atoms with van der Waals surface area (Å²) in [5.74, 6) is 0.648. The van der Waals surface area contributed by atoms with Gasteiger partial charge in [-0.15, -0.1) is 0 Å². The van der Waals surface area contributed by atoms with Crippen LogP contribution < -0.4 is 10.2 Å². The maximum atomic E-state index is 14.2. The van der Waals surface area contributed by atoms with Crippen LogP contribution in [0.4, 0.5) is 15.9 Å². The molecule has 2 heterocycles. The zero-order valence-electron chi connectivity index (χ0n) is 12.1. The summed E-state index contributed by atoms with van der Waals surface area (Å²) >= 11 is 0. The molecule has 1 aromatic heterocycles. The van der Waals surface area contributed by atoms with Gasteiger partial charge in [-0.05, 0) is 42.5 Å². The minimum atomic E-state index is -0.119. The lowest BCUT2D eigenvalue weighted by Crippen LogP contribution is -2.25. The molecule has 0 bridgehead atoms. The molecular weight excluding hydrogens is 267 g/mol. The highest BCUT2D eigenvalue weighted by molar-refractivity contribution is 5.56. The molecule has 0 amide bonds. The van der Waals surface area contributed by atoms with E-state index >= 15 is 0 Å². The fourth-order valence-corrected chi connectivity index (χ4v) is 2.75. The van der Waals surface area contributed by atoms with Crippen LogP contribution in [0.5, 0.6) is 0 Å². The number of benzene rings is 1. The SMILES string of the molecule is CN1CCCc2cc(CCNc3ccncn3)c(F)cc21. The molecule has 0 aliphatic carbocycles. The Morgan fingerprint density at radius 3 is 3.10 bits per heavy atom. The Bertz CT molecular complexity index is 615. The number of fused-ring (bicyclic) bond motifs is 1. The number of nitrogens with one attached hydrogen (secondary N) is 1.